The highest BCUT2D eigenvalue weighted by Gasteiger charge is 1.94. The van der Waals surface area contributed by atoms with Crippen LogP contribution >= 0.6 is 0 Å². The maximum absolute atomic E-state index is 4.21. The summed E-state index contributed by atoms with van der Waals surface area (Å²) in [6, 6.07) is 0. The summed E-state index contributed by atoms with van der Waals surface area (Å²) in [5.41, 5.74) is 2.11. The van der Waals surface area contributed by atoms with E-state index < -0.39 is 0 Å². The predicted octanol–water partition coefficient (Wildman–Crippen LogP) is 4.22. The molecule has 1 nitrogen and oxygen atoms in total. The Morgan fingerprint density at radius 1 is 1.31 bits per heavy atom. The topological polar surface area (TPSA) is 12.4 Å². The fourth-order valence-electron chi connectivity index (χ4n) is 0.408. The highest BCUT2D eigenvalue weighted by Crippen LogP contribution is 2.07. The van der Waals surface area contributed by atoms with Gasteiger partial charge in [-0.25, -0.2) is 0 Å². The Labute approximate surface area is 83.3 Å². The molecule has 0 aliphatic carbocycles. The highest BCUT2D eigenvalue weighted by atomic mass is 14.7. The minimum Gasteiger partial charge on any atom is -0.261 e. The van der Waals surface area contributed by atoms with Gasteiger partial charge in [0.05, 0.1) is 0 Å². The Morgan fingerprint density at radius 3 is 2.08 bits per heavy atom. The SMILES string of the molecule is C=C(N=C/C(C)=C\C)C(C)C.CC. The fourth-order valence-corrected chi connectivity index (χ4v) is 0.408. The summed E-state index contributed by atoms with van der Waals surface area (Å²) in [4.78, 5) is 4.21. The summed E-state index contributed by atoms with van der Waals surface area (Å²) in [5, 5.41) is 0. The van der Waals surface area contributed by atoms with Crippen molar-refractivity contribution in [3.63, 3.8) is 0 Å². The molecule has 0 rings (SSSR count). The van der Waals surface area contributed by atoms with Crippen molar-refractivity contribution in [3.05, 3.63) is 23.9 Å². The Kier molecular flexibility index (Phi) is 10.4. The first kappa shape index (κ1) is 14.7. The van der Waals surface area contributed by atoms with E-state index in [1.807, 2.05) is 40.0 Å². The molecule has 0 saturated heterocycles. The van der Waals surface area contributed by atoms with Gasteiger partial charge in [-0.15, -0.1) is 0 Å². The number of allylic oxidation sites excluding steroid dienone is 3. The van der Waals surface area contributed by atoms with Gasteiger partial charge in [-0.3, -0.25) is 4.99 Å². The molecule has 0 fully saturated rings. The molecule has 0 N–H and O–H groups in total. The first-order valence-electron chi connectivity index (χ1n) is 4.93. The van der Waals surface area contributed by atoms with Crippen molar-refractivity contribution >= 4 is 6.21 Å². The van der Waals surface area contributed by atoms with Crippen molar-refractivity contribution in [2.45, 2.75) is 41.5 Å². The van der Waals surface area contributed by atoms with Crippen molar-refractivity contribution in [3.8, 4) is 0 Å². The molecule has 0 heterocycles. The molecule has 0 aromatic rings. The lowest BCUT2D eigenvalue weighted by Gasteiger charge is -2.01. The van der Waals surface area contributed by atoms with Gasteiger partial charge in [-0.1, -0.05) is 40.3 Å². The average molecular weight is 181 g/mol. The Morgan fingerprint density at radius 2 is 1.77 bits per heavy atom. The fraction of sp³-hybridized carbons (Fsp3) is 0.583. The number of aliphatic imine (C=N–C) groups is 1. The summed E-state index contributed by atoms with van der Waals surface area (Å²) in [6.07, 6.45) is 3.87. The van der Waals surface area contributed by atoms with E-state index in [9.17, 15) is 0 Å². The lowest BCUT2D eigenvalue weighted by molar-refractivity contribution is 0.763. The van der Waals surface area contributed by atoms with Crippen LogP contribution in [0.2, 0.25) is 0 Å². The zero-order chi connectivity index (χ0) is 10.9. The minimum atomic E-state index is 0.441. The quantitative estimate of drug-likeness (QED) is 0.578. The Bertz CT molecular complexity index is 185. The van der Waals surface area contributed by atoms with Gasteiger partial charge in [0.2, 0.25) is 0 Å². The minimum absolute atomic E-state index is 0.441. The third kappa shape index (κ3) is 9.06. The first-order valence-corrected chi connectivity index (χ1v) is 4.93. The van der Waals surface area contributed by atoms with Gasteiger partial charge < -0.3 is 0 Å². The molecule has 1 heteroatoms. The van der Waals surface area contributed by atoms with E-state index >= 15 is 0 Å². The lowest BCUT2D eigenvalue weighted by Crippen LogP contribution is -1.89. The smallest absolute Gasteiger partial charge is 0.0357 e. The summed E-state index contributed by atoms with van der Waals surface area (Å²) < 4.78 is 0. The Balaban J connectivity index is 0. The van der Waals surface area contributed by atoms with Crippen molar-refractivity contribution in [1.82, 2.24) is 0 Å². The van der Waals surface area contributed by atoms with Crippen molar-refractivity contribution in [1.29, 1.82) is 0 Å². The highest BCUT2D eigenvalue weighted by molar-refractivity contribution is 5.78. The third-order valence-corrected chi connectivity index (χ3v) is 1.56. The van der Waals surface area contributed by atoms with E-state index in [2.05, 4.69) is 25.4 Å². The van der Waals surface area contributed by atoms with Gasteiger partial charge in [-0.05, 0) is 25.3 Å². The number of hydrogen-bond acceptors (Lipinski definition) is 1. The molecule has 0 saturated carbocycles. The van der Waals surface area contributed by atoms with E-state index in [1.54, 1.807) is 0 Å². The van der Waals surface area contributed by atoms with E-state index in [0.717, 1.165) is 5.70 Å². The molecule has 0 unspecified atom stereocenters. The Hall–Kier alpha value is -0.850. The van der Waals surface area contributed by atoms with Crippen LogP contribution in [-0.2, 0) is 0 Å². The molecule has 0 aliphatic rings. The van der Waals surface area contributed by atoms with Crippen LogP contribution in [0.25, 0.3) is 0 Å². The summed E-state index contributed by atoms with van der Waals surface area (Å²) in [7, 11) is 0. The molecule has 0 aromatic heterocycles. The van der Waals surface area contributed by atoms with Gasteiger partial charge in [0.25, 0.3) is 0 Å². The van der Waals surface area contributed by atoms with Gasteiger partial charge in [0, 0.05) is 11.9 Å². The summed E-state index contributed by atoms with van der Waals surface area (Å²) in [5.74, 6) is 0.441. The monoisotopic (exact) mass is 181 g/mol. The van der Waals surface area contributed by atoms with Crippen LogP contribution in [0.3, 0.4) is 0 Å². The van der Waals surface area contributed by atoms with Crippen LogP contribution in [0.15, 0.2) is 28.9 Å². The van der Waals surface area contributed by atoms with E-state index in [0.29, 0.717) is 5.92 Å². The molecule has 0 bridgehead atoms. The van der Waals surface area contributed by atoms with Crippen LogP contribution in [-0.4, -0.2) is 6.21 Å². The summed E-state index contributed by atoms with van der Waals surface area (Å²) >= 11 is 0. The number of rotatable bonds is 3. The standard InChI is InChI=1S/C10H17N.C2H6/c1-6-9(4)7-11-10(5)8(2)3;1-2/h6-8H,5H2,1-4H3;1-2H3/b9-6-,11-7?;. The van der Waals surface area contributed by atoms with Gasteiger partial charge in [-0.2, -0.15) is 0 Å². The summed E-state index contributed by atoms with van der Waals surface area (Å²) in [6.45, 7) is 16.0. The first-order chi connectivity index (χ1) is 6.07. The predicted molar refractivity (Wildman–Crippen MR) is 63.2 cm³/mol. The van der Waals surface area contributed by atoms with E-state index in [1.165, 1.54) is 5.57 Å². The largest absolute Gasteiger partial charge is 0.261 e. The molecule has 76 valence electrons. The zero-order valence-corrected chi connectivity index (χ0v) is 9.89. The van der Waals surface area contributed by atoms with Gasteiger partial charge in [0.1, 0.15) is 0 Å². The molecule has 0 aromatic carbocycles. The molecule has 0 aliphatic heterocycles. The molecule has 0 spiro atoms. The van der Waals surface area contributed by atoms with Crippen molar-refractivity contribution < 1.29 is 0 Å². The van der Waals surface area contributed by atoms with Crippen LogP contribution < -0.4 is 0 Å². The maximum atomic E-state index is 4.21. The van der Waals surface area contributed by atoms with E-state index in [4.69, 9.17) is 0 Å². The molecular weight excluding hydrogens is 158 g/mol. The average Bonchev–Trinajstić information content (AvgIpc) is 2.16. The van der Waals surface area contributed by atoms with Gasteiger partial charge >= 0.3 is 0 Å². The second-order valence-corrected chi connectivity index (χ2v) is 2.94. The van der Waals surface area contributed by atoms with Gasteiger partial charge in [0.15, 0.2) is 0 Å². The molecule has 0 amide bonds. The number of hydrogen-bond donors (Lipinski definition) is 0. The van der Waals surface area contributed by atoms with Crippen LogP contribution in [0.5, 0.6) is 0 Å². The second-order valence-electron chi connectivity index (χ2n) is 2.94. The molecular formula is C12H23N. The van der Waals surface area contributed by atoms with Crippen LogP contribution in [0.1, 0.15) is 41.5 Å². The molecule has 0 radical (unpaired) electrons. The van der Waals surface area contributed by atoms with Crippen LogP contribution in [0, 0.1) is 5.92 Å². The lowest BCUT2D eigenvalue weighted by atomic mass is 10.2. The molecule has 0 atom stereocenters. The molecule has 13 heavy (non-hydrogen) atoms. The van der Waals surface area contributed by atoms with Crippen molar-refractivity contribution in [2.24, 2.45) is 10.9 Å². The number of nitrogens with zero attached hydrogens (tertiary/aromatic N) is 1. The normalized spacial score (nSPS) is 11.5. The third-order valence-electron chi connectivity index (χ3n) is 1.56. The van der Waals surface area contributed by atoms with E-state index in [-0.39, 0.29) is 0 Å². The van der Waals surface area contributed by atoms with Crippen LogP contribution in [0.4, 0.5) is 0 Å². The van der Waals surface area contributed by atoms with Crippen molar-refractivity contribution in [2.75, 3.05) is 0 Å². The second kappa shape index (κ2) is 9.24. The zero-order valence-electron chi connectivity index (χ0n) is 9.89. The maximum Gasteiger partial charge on any atom is 0.0357 e.